The Kier molecular flexibility index (Phi) is 5.86. The van der Waals surface area contributed by atoms with Gasteiger partial charge in [0.1, 0.15) is 11.9 Å². The van der Waals surface area contributed by atoms with Crippen LogP contribution < -0.4 is 5.32 Å². The molecule has 3 aromatic rings. The van der Waals surface area contributed by atoms with Gasteiger partial charge in [-0.15, -0.1) is 0 Å². The van der Waals surface area contributed by atoms with Crippen molar-refractivity contribution in [3.63, 3.8) is 0 Å². The van der Waals surface area contributed by atoms with Crippen molar-refractivity contribution in [2.24, 2.45) is 4.99 Å². The van der Waals surface area contributed by atoms with Crippen molar-refractivity contribution in [1.82, 2.24) is 29.7 Å². The van der Waals surface area contributed by atoms with Gasteiger partial charge in [0.15, 0.2) is 5.96 Å². The van der Waals surface area contributed by atoms with Crippen molar-refractivity contribution in [2.75, 3.05) is 39.3 Å². The summed E-state index contributed by atoms with van der Waals surface area (Å²) in [6.45, 7) is 8.44. The van der Waals surface area contributed by atoms with Crippen LogP contribution in [-0.4, -0.2) is 69.6 Å². The molecule has 0 aromatic carbocycles. The molecule has 148 valence electrons. The van der Waals surface area contributed by atoms with Crippen LogP contribution in [0.4, 0.5) is 0 Å². The van der Waals surface area contributed by atoms with Gasteiger partial charge in [0.25, 0.3) is 0 Å². The minimum Gasteiger partial charge on any atom is -0.364 e. The predicted octanol–water partition coefficient (Wildman–Crippen LogP) is 1.65. The standard InChI is InChI=1S/C20H27N7O/c1-2-21-20(22-8-6-17-16-27-9-4-3-5-19(27)23-17)26-12-10-25(11-13-26)15-18-7-14-28-24-18/h3-5,7,9,14,16H,2,6,8,10-13,15H2,1H3,(H,21,22). The summed E-state index contributed by atoms with van der Waals surface area (Å²) in [6, 6.07) is 7.98. The number of aliphatic imine (C=N–C) groups is 1. The number of nitrogens with zero attached hydrogens (tertiary/aromatic N) is 6. The Labute approximate surface area is 164 Å². The Morgan fingerprint density at radius 1 is 1.18 bits per heavy atom. The Morgan fingerprint density at radius 3 is 2.82 bits per heavy atom. The molecular weight excluding hydrogens is 354 g/mol. The first-order valence-electron chi connectivity index (χ1n) is 9.89. The summed E-state index contributed by atoms with van der Waals surface area (Å²) in [5.41, 5.74) is 3.04. The largest absolute Gasteiger partial charge is 0.364 e. The zero-order valence-electron chi connectivity index (χ0n) is 16.3. The highest BCUT2D eigenvalue weighted by Crippen LogP contribution is 2.08. The van der Waals surface area contributed by atoms with Gasteiger partial charge < -0.3 is 19.1 Å². The van der Waals surface area contributed by atoms with Crippen molar-refractivity contribution < 1.29 is 4.52 Å². The van der Waals surface area contributed by atoms with Crippen LogP contribution in [0.5, 0.6) is 0 Å². The van der Waals surface area contributed by atoms with E-state index in [0.717, 1.165) is 75.2 Å². The molecule has 1 saturated heterocycles. The van der Waals surface area contributed by atoms with Crippen LogP contribution in [0.3, 0.4) is 0 Å². The van der Waals surface area contributed by atoms with Crippen LogP contribution >= 0.6 is 0 Å². The minimum atomic E-state index is 0.728. The third-order valence-corrected chi connectivity index (χ3v) is 4.93. The van der Waals surface area contributed by atoms with Gasteiger partial charge in [-0.1, -0.05) is 11.2 Å². The van der Waals surface area contributed by atoms with Crippen molar-refractivity contribution in [3.8, 4) is 0 Å². The number of imidazole rings is 1. The first-order valence-corrected chi connectivity index (χ1v) is 9.89. The average Bonchev–Trinajstić information content (AvgIpc) is 3.37. The lowest BCUT2D eigenvalue weighted by atomic mass is 10.3. The van der Waals surface area contributed by atoms with Gasteiger partial charge in [0, 0.05) is 70.7 Å². The predicted molar refractivity (Wildman–Crippen MR) is 108 cm³/mol. The summed E-state index contributed by atoms with van der Waals surface area (Å²) in [5.74, 6) is 0.993. The van der Waals surface area contributed by atoms with Gasteiger partial charge in [-0.05, 0) is 19.1 Å². The summed E-state index contributed by atoms with van der Waals surface area (Å²) >= 11 is 0. The lowest BCUT2D eigenvalue weighted by Gasteiger charge is -2.36. The normalized spacial score (nSPS) is 16.0. The highest BCUT2D eigenvalue weighted by molar-refractivity contribution is 5.80. The Balaban J connectivity index is 1.31. The van der Waals surface area contributed by atoms with E-state index in [4.69, 9.17) is 9.52 Å². The van der Waals surface area contributed by atoms with Crippen LogP contribution in [0.1, 0.15) is 18.3 Å². The second-order valence-electron chi connectivity index (χ2n) is 6.94. The molecule has 1 fully saturated rings. The van der Waals surface area contributed by atoms with E-state index < -0.39 is 0 Å². The highest BCUT2D eigenvalue weighted by atomic mass is 16.5. The molecule has 1 aliphatic rings. The fourth-order valence-corrected chi connectivity index (χ4v) is 3.48. The number of hydrogen-bond donors (Lipinski definition) is 1. The molecule has 0 aliphatic carbocycles. The molecule has 0 saturated carbocycles. The number of rotatable bonds is 6. The molecule has 0 amide bonds. The smallest absolute Gasteiger partial charge is 0.194 e. The van der Waals surface area contributed by atoms with Crippen LogP contribution in [0.2, 0.25) is 0 Å². The molecule has 1 N–H and O–H groups in total. The first-order chi connectivity index (χ1) is 13.8. The quantitative estimate of drug-likeness (QED) is 0.517. The van der Waals surface area contributed by atoms with E-state index in [1.165, 1.54) is 0 Å². The molecule has 4 rings (SSSR count). The van der Waals surface area contributed by atoms with E-state index in [1.54, 1.807) is 6.26 Å². The Bertz CT molecular complexity index is 861. The second kappa shape index (κ2) is 8.88. The van der Waals surface area contributed by atoms with Gasteiger partial charge in [-0.25, -0.2) is 4.98 Å². The van der Waals surface area contributed by atoms with Crippen LogP contribution in [0.15, 0.2) is 52.4 Å². The van der Waals surface area contributed by atoms with Crippen molar-refractivity contribution >= 4 is 11.6 Å². The summed E-state index contributed by atoms with van der Waals surface area (Å²) in [5, 5.41) is 7.43. The topological polar surface area (TPSA) is 74.2 Å². The van der Waals surface area contributed by atoms with E-state index in [-0.39, 0.29) is 0 Å². The molecular formula is C20H27N7O. The molecule has 3 aromatic heterocycles. The lowest BCUT2D eigenvalue weighted by molar-refractivity contribution is 0.169. The molecule has 28 heavy (non-hydrogen) atoms. The number of nitrogens with one attached hydrogen (secondary N) is 1. The van der Waals surface area contributed by atoms with Gasteiger partial charge >= 0.3 is 0 Å². The maximum Gasteiger partial charge on any atom is 0.194 e. The van der Waals surface area contributed by atoms with Gasteiger partial charge in [0.2, 0.25) is 0 Å². The molecule has 0 unspecified atom stereocenters. The van der Waals surface area contributed by atoms with Crippen molar-refractivity contribution in [2.45, 2.75) is 19.9 Å². The number of aromatic nitrogens is 3. The fourth-order valence-electron chi connectivity index (χ4n) is 3.48. The van der Waals surface area contributed by atoms with Crippen LogP contribution in [0, 0.1) is 0 Å². The molecule has 0 spiro atoms. The number of fused-ring (bicyclic) bond motifs is 1. The van der Waals surface area contributed by atoms with E-state index in [2.05, 4.69) is 42.8 Å². The number of pyridine rings is 1. The summed E-state index contributed by atoms with van der Waals surface area (Å²) in [6.07, 6.45) is 6.57. The highest BCUT2D eigenvalue weighted by Gasteiger charge is 2.20. The van der Waals surface area contributed by atoms with Crippen LogP contribution in [-0.2, 0) is 13.0 Å². The Hall–Kier alpha value is -2.87. The van der Waals surface area contributed by atoms with Gasteiger partial charge in [0.05, 0.1) is 11.4 Å². The number of hydrogen-bond acceptors (Lipinski definition) is 5. The van der Waals surface area contributed by atoms with Crippen LogP contribution in [0.25, 0.3) is 5.65 Å². The summed E-state index contributed by atoms with van der Waals surface area (Å²) < 4.78 is 6.98. The molecule has 0 atom stereocenters. The SMILES string of the molecule is CCNC(=NCCc1cn2ccccc2n1)N1CCN(Cc2ccon2)CC1. The Morgan fingerprint density at radius 2 is 2.07 bits per heavy atom. The molecule has 0 bridgehead atoms. The number of guanidine groups is 1. The molecule has 4 heterocycles. The van der Waals surface area contributed by atoms with E-state index in [9.17, 15) is 0 Å². The maximum absolute atomic E-state index is 4.92. The minimum absolute atomic E-state index is 0.728. The molecule has 1 aliphatic heterocycles. The fraction of sp³-hybridized carbons (Fsp3) is 0.450. The van der Waals surface area contributed by atoms with E-state index in [0.29, 0.717) is 0 Å². The lowest BCUT2D eigenvalue weighted by Crippen LogP contribution is -2.52. The third kappa shape index (κ3) is 4.51. The zero-order chi connectivity index (χ0) is 19.2. The zero-order valence-corrected chi connectivity index (χ0v) is 16.3. The third-order valence-electron chi connectivity index (χ3n) is 4.93. The van der Waals surface area contributed by atoms with Crippen molar-refractivity contribution in [3.05, 3.63) is 54.3 Å². The summed E-state index contributed by atoms with van der Waals surface area (Å²) in [4.78, 5) is 14.2. The molecule has 8 nitrogen and oxygen atoms in total. The number of piperazine rings is 1. The summed E-state index contributed by atoms with van der Waals surface area (Å²) in [7, 11) is 0. The molecule has 8 heteroatoms. The van der Waals surface area contributed by atoms with Crippen molar-refractivity contribution in [1.29, 1.82) is 0 Å². The average molecular weight is 381 g/mol. The van der Waals surface area contributed by atoms with E-state index in [1.807, 2.05) is 30.5 Å². The van der Waals surface area contributed by atoms with Gasteiger partial charge in [-0.3, -0.25) is 9.89 Å². The maximum atomic E-state index is 4.92. The monoisotopic (exact) mass is 381 g/mol. The van der Waals surface area contributed by atoms with E-state index >= 15 is 0 Å². The molecule has 0 radical (unpaired) electrons. The van der Waals surface area contributed by atoms with Gasteiger partial charge in [-0.2, -0.15) is 0 Å². The second-order valence-corrected chi connectivity index (χ2v) is 6.94. The first kappa shape index (κ1) is 18.5.